The van der Waals surface area contributed by atoms with Crippen molar-refractivity contribution in [2.45, 2.75) is 39.7 Å². The molecule has 0 aliphatic heterocycles. The molecule has 0 amide bonds. The number of aliphatic imine (C=N–C) groups is 1. The predicted octanol–water partition coefficient (Wildman–Crippen LogP) is 4.86. The summed E-state index contributed by atoms with van der Waals surface area (Å²) in [5.74, 6) is 0.104. The zero-order valence-electron chi connectivity index (χ0n) is 13.8. The molecule has 2 heteroatoms. The molecule has 0 heterocycles. The minimum Gasteiger partial charge on any atom is -0.294 e. The van der Waals surface area contributed by atoms with Crippen molar-refractivity contribution in [2.75, 3.05) is 0 Å². The second-order valence-electron chi connectivity index (χ2n) is 6.56. The highest BCUT2D eigenvalue weighted by Crippen LogP contribution is 2.15. The maximum Gasteiger partial charge on any atom is 0.168 e. The van der Waals surface area contributed by atoms with Gasteiger partial charge in [-0.25, -0.2) is 0 Å². The number of Topliss-reactive ketones (excluding diaryl/α,β-unsaturated/α-hetero) is 1. The molecule has 0 bridgehead atoms. The van der Waals surface area contributed by atoms with Crippen molar-refractivity contribution in [3.63, 3.8) is 0 Å². The van der Waals surface area contributed by atoms with Crippen LogP contribution in [0.1, 0.15) is 48.7 Å². The molecule has 114 valence electrons. The number of hydrogen-bond acceptors (Lipinski definition) is 2. The van der Waals surface area contributed by atoms with Gasteiger partial charge in [-0.1, -0.05) is 60.2 Å². The zero-order valence-corrected chi connectivity index (χ0v) is 13.8. The maximum atomic E-state index is 12.5. The van der Waals surface area contributed by atoms with Crippen LogP contribution in [0, 0.1) is 6.92 Å². The first kappa shape index (κ1) is 16.2. The van der Waals surface area contributed by atoms with E-state index in [9.17, 15) is 4.79 Å². The summed E-state index contributed by atoms with van der Waals surface area (Å²) < 4.78 is 0. The third-order valence-electron chi connectivity index (χ3n) is 3.28. The van der Waals surface area contributed by atoms with Gasteiger partial charge in [0, 0.05) is 5.56 Å². The van der Waals surface area contributed by atoms with E-state index in [1.54, 1.807) is 0 Å². The molecule has 0 aliphatic rings. The third kappa shape index (κ3) is 4.66. The number of aryl methyl sites for hydroxylation is 1. The Balaban J connectivity index is 2.29. The highest BCUT2D eigenvalue weighted by Gasteiger charge is 2.16. The van der Waals surface area contributed by atoms with E-state index in [1.807, 2.05) is 82.3 Å². The summed E-state index contributed by atoms with van der Waals surface area (Å²) in [5, 5.41) is 0. The number of hydrogen-bond donors (Lipinski definition) is 0. The Morgan fingerprint density at radius 1 is 0.909 bits per heavy atom. The Kier molecular flexibility index (Phi) is 4.92. The molecular formula is C20H23NO. The average Bonchev–Trinajstić information content (AvgIpc) is 2.47. The monoisotopic (exact) mass is 293 g/mol. The topological polar surface area (TPSA) is 29.4 Å². The predicted molar refractivity (Wildman–Crippen MR) is 92.9 cm³/mol. The van der Waals surface area contributed by atoms with Crippen LogP contribution in [-0.2, 0) is 0 Å². The molecule has 0 unspecified atom stereocenters. The summed E-state index contributed by atoms with van der Waals surface area (Å²) in [6.45, 7) is 8.16. The minimum absolute atomic E-state index is 0.104. The highest BCUT2D eigenvalue weighted by atomic mass is 16.1. The molecule has 0 saturated heterocycles. The van der Waals surface area contributed by atoms with E-state index in [1.165, 1.54) is 0 Å². The Labute approximate surface area is 132 Å². The van der Waals surface area contributed by atoms with Gasteiger partial charge in [0.05, 0.1) is 17.7 Å². The number of benzene rings is 2. The van der Waals surface area contributed by atoms with E-state index in [4.69, 9.17) is 4.99 Å². The molecule has 0 saturated carbocycles. The van der Waals surface area contributed by atoms with Gasteiger partial charge < -0.3 is 0 Å². The van der Waals surface area contributed by atoms with E-state index >= 15 is 0 Å². The fraction of sp³-hybridized carbons (Fsp3) is 0.300. The van der Waals surface area contributed by atoms with Gasteiger partial charge in [-0.3, -0.25) is 9.79 Å². The minimum atomic E-state index is -0.210. The summed E-state index contributed by atoms with van der Waals surface area (Å²) >= 11 is 0. The maximum absolute atomic E-state index is 12.5. The first-order valence-electron chi connectivity index (χ1n) is 7.59. The van der Waals surface area contributed by atoms with E-state index in [-0.39, 0.29) is 11.3 Å². The second-order valence-corrected chi connectivity index (χ2v) is 6.56. The molecule has 0 spiro atoms. The lowest BCUT2D eigenvalue weighted by Crippen LogP contribution is -2.18. The SMILES string of the molecule is Cc1ccc(C(=O)CC(=NC(C)(C)C)c2ccccc2)cc1. The number of rotatable bonds is 4. The van der Waals surface area contributed by atoms with Crippen LogP contribution >= 0.6 is 0 Å². The van der Waals surface area contributed by atoms with Gasteiger partial charge in [0.25, 0.3) is 0 Å². The summed E-state index contributed by atoms with van der Waals surface area (Å²) in [7, 11) is 0. The molecule has 0 aromatic heterocycles. The van der Waals surface area contributed by atoms with Crippen LogP contribution in [0.2, 0.25) is 0 Å². The molecule has 2 aromatic carbocycles. The van der Waals surface area contributed by atoms with Crippen molar-refractivity contribution in [3.8, 4) is 0 Å². The Hall–Kier alpha value is -2.22. The fourth-order valence-electron chi connectivity index (χ4n) is 2.24. The summed E-state index contributed by atoms with van der Waals surface area (Å²) in [6.07, 6.45) is 0.324. The fourth-order valence-corrected chi connectivity index (χ4v) is 2.24. The van der Waals surface area contributed by atoms with Crippen molar-refractivity contribution >= 4 is 11.5 Å². The smallest absolute Gasteiger partial charge is 0.168 e. The van der Waals surface area contributed by atoms with Gasteiger partial charge in [-0.15, -0.1) is 0 Å². The van der Waals surface area contributed by atoms with Crippen molar-refractivity contribution in [1.29, 1.82) is 0 Å². The van der Waals surface area contributed by atoms with Gasteiger partial charge in [-0.2, -0.15) is 0 Å². The molecule has 22 heavy (non-hydrogen) atoms. The van der Waals surface area contributed by atoms with Gasteiger partial charge in [-0.05, 0) is 33.3 Å². The first-order chi connectivity index (χ1) is 10.3. The second kappa shape index (κ2) is 6.69. The first-order valence-corrected chi connectivity index (χ1v) is 7.59. The number of carbonyl (C=O) groups is 1. The van der Waals surface area contributed by atoms with Crippen molar-refractivity contribution in [1.82, 2.24) is 0 Å². The van der Waals surface area contributed by atoms with Crippen LogP contribution in [0.5, 0.6) is 0 Å². The summed E-state index contributed by atoms with van der Waals surface area (Å²) in [5.41, 5.74) is 3.54. The van der Waals surface area contributed by atoms with Crippen LogP contribution in [-0.4, -0.2) is 17.0 Å². The van der Waals surface area contributed by atoms with E-state index in [0.29, 0.717) is 6.42 Å². The zero-order chi connectivity index (χ0) is 16.2. The van der Waals surface area contributed by atoms with Gasteiger partial charge in [0.2, 0.25) is 0 Å². The van der Waals surface area contributed by atoms with E-state index in [2.05, 4.69) is 0 Å². The summed E-state index contributed by atoms with van der Waals surface area (Å²) in [4.78, 5) is 17.3. The Bertz CT molecular complexity index is 661. The van der Waals surface area contributed by atoms with Gasteiger partial charge in [0.15, 0.2) is 5.78 Å². The summed E-state index contributed by atoms with van der Waals surface area (Å²) in [6, 6.07) is 17.6. The highest BCUT2D eigenvalue weighted by molar-refractivity contribution is 6.15. The molecule has 0 aliphatic carbocycles. The van der Waals surface area contributed by atoms with E-state index < -0.39 is 0 Å². The van der Waals surface area contributed by atoms with Crippen LogP contribution in [0.15, 0.2) is 59.6 Å². The average molecular weight is 293 g/mol. The van der Waals surface area contributed by atoms with Crippen molar-refractivity contribution in [2.24, 2.45) is 4.99 Å². The largest absolute Gasteiger partial charge is 0.294 e. The molecule has 0 radical (unpaired) electrons. The van der Waals surface area contributed by atoms with Crippen LogP contribution in [0.4, 0.5) is 0 Å². The Morgan fingerprint density at radius 3 is 2.05 bits per heavy atom. The third-order valence-corrected chi connectivity index (χ3v) is 3.28. The quantitative estimate of drug-likeness (QED) is 0.585. The van der Waals surface area contributed by atoms with Crippen LogP contribution in [0.25, 0.3) is 0 Å². The number of nitrogens with zero attached hydrogens (tertiary/aromatic N) is 1. The van der Waals surface area contributed by atoms with Crippen molar-refractivity contribution < 1.29 is 4.79 Å². The number of ketones is 1. The standard InChI is InChI=1S/C20H23NO/c1-15-10-12-17(13-11-15)19(22)14-18(21-20(2,3)4)16-8-6-5-7-9-16/h5-13H,14H2,1-4H3. The molecule has 0 atom stereocenters. The lowest BCUT2D eigenvalue weighted by Gasteiger charge is -2.16. The van der Waals surface area contributed by atoms with E-state index in [0.717, 1.165) is 22.4 Å². The van der Waals surface area contributed by atoms with Crippen LogP contribution < -0.4 is 0 Å². The van der Waals surface area contributed by atoms with Crippen molar-refractivity contribution in [3.05, 3.63) is 71.3 Å². The normalized spacial score (nSPS) is 12.3. The molecule has 2 nitrogen and oxygen atoms in total. The molecule has 0 fully saturated rings. The number of carbonyl (C=O) groups excluding carboxylic acids is 1. The molecular weight excluding hydrogens is 270 g/mol. The Morgan fingerprint density at radius 2 is 1.50 bits per heavy atom. The lowest BCUT2D eigenvalue weighted by atomic mass is 9.99. The van der Waals surface area contributed by atoms with Gasteiger partial charge >= 0.3 is 0 Å². The molecule has 2 aromatic rings. The lowest BCUT2D eigenvalue weighted by molar-refractivity contribution is 0.100. The van der Waals surface area contributed by atoms with Crippen LogP contribution in [0.3, 0.4) is 0 Å². The molecule has 0 N–H and O–H groups in total. The molecule has 2 rings (SSSR count). The van der Waals surface area contributed by atoms with Gasteiger partial charge in [0.1, 0.15) is 0 Å².